The molecule has 0 fully saturated rings. The molecule has 5 aromatic carbocycles. The number of carboxylic acid groups (broad SMARTS) is 2. The Morgan fingerprint density at radius 1 is 0.431 bits per heavy atom. The number of rotatable bonds is 32. The molecule has 9 heteroatoms. The van der Waals surface area contributed by atoms with Gasteiger partial charge in [0.25, 0.3) is 11.8 Å². The Labute approximate surface area is 396 Å². The van der Waals surface area contributed by atoms with Crippen LogP contribution in [0.25, 0.3) is 43.1 Å². The lowest BCUT2D eigenvalue weighted by atomic mass is 9.84. The monoisotopic (exact) mass is 952 g/mol. The van der Waals surface area contributed by atoms with Gasteiger partial charge < -0.3 is 20.8 Å². The van der Waals surface area contributed by atoms with Crippen LogP contribution in [0.15, 0.2) is 46.9 Å². The summed E-state index contributed by atoms with van der Waals surface area (Å²) in [6, 6.07) is 11.9. The number of carboxylic acids is 2. The van der Waals surface area contributed by atoms with E-state index in [0.717, 1.165) is 51.4 Å². The van der Waals surface area contributed by atoms with Gasteiger partial charge in [0, 0.05) is 50.2 Å². The van der Waals surface area contributed by atoms with E-state index in [9.17, 15) is 29.4 Å². The minimum Gasteiger partial charge on any atom is -0.478 e. The normalized spacial score (nSPS) is 12.7. The number of fused-ring (bicyclic) bond motifs is 2. The first kappa shape index (κ1) is 51.7. The van der Waals surface area contributed by atoms with E-state index in [4.69, 9.17) is 0 Å². The van der Waals surface area contributed by atoms with E-state index in [1.807, 2.05) is 6.07 Å². The second-order valence-corrected chi connectivity index (χ2v) is 19.7. The third-order valence-electron chi connectivity index (χ3n) is 13.9. The van der Waals surface area contributed by atoms with Crippen LogP contribution in [0.4, 0.5) is 0 Å². The number of benzene rings is 5. The zero-order valence-corrected chi connectivity index (χ0v) is 41.6. The molecule has 2 unspecified atom stereocenters. The third kappa shape index (κ3) is 13.7. The molecule has 0 aromatic heterocycles. The molecule has 0 aliphatic carbocycles. The first-order chi connectivity index (χ1) is 31.6. The fourth-order valence-electron chi connectivity index (χ4n) is 10.2. The number of amides is 2. The lowest BCUT2D eigenvalue weighted by Gasteiger charge is -2.22. The van der Waals surface area contributed by atoms with Gasteiger partial charge in [-0.15, -0.1) is 0 Å². The SMILES string of the molecule is CCCCCCCCC(CCCCCC)CNC(=O)c1ccc2c3ccc(C(=O)O)c4c(C(=O)O)ccc(c5c(Br)cc(C(=O)NCC(CCCCCC)CCCCCCCC)c1c25)c43. The van der Waals surface area contributed by atoms with Crippen LogP contribution in [0.5, 0.6) is 0 Å². The molecule has 0 saturated carbocycles. The van der Waals surface area contributed by atoms with Crippen molar-refractivity contribution >= 4 is 82.8 Å². The summed E-state index contributed by atoms with van der Waals surface area (Å²) in [6.45, 7) is 10.0. The highest BCUT2D eigenvalue weighted by Gasteiger charge is 2.28. The van der Waals surface area contributed by atoms with Gasteiger partial charge in [-0.05, 0) is 83.3 Å². The van der Waals surface area contributed by atoms with Crippen molar-refractivity contribution in [1.29, 1.82) is 0 Å². The highest BCUT2D eigenvalue weighted by Crippen LogP contribution is 2.46. The maximum absolute atomic E-state index is 14.8. The zero-order valence-electron chi connectivity index (χ0n) is 40.0. The molecule has 0 bridgehead atoms. The van der Waals surface area contributed by atoms with Crippen LogP contribution in [0.1, 0.15) is 223 Å². The summed E-state index contributed by atoms with van der Waals surface area (Å²) in [4.78, 5) is 54.7. The van der Waals surface area contributed by atoms with E-state index >= 15 is 0 Å². The van der Waals surface area contributed by atoms with Crippen molar-refractivity contribution in [1.82, 2.24) is 10.6 Å². The molecule has 5 rings (SSSR count). The molecule has 0 saturated heterocycles. The van der Waals surface area contributed by atoms with Gasteiger partial charge in [0.2, 0.25) is 0 Å². The van der Waals surface area contributed by atoms with Gasteiger partial charge in [-0.2, -0.15) is 0 Å². The standard InChI is InChI=1S/C56H77BrN2O6/c1-5-9-13-17-19-23-27-38(25-21-15-11-7-3)36-58-53(60)43-32-29-41-40-30-33-44(55(62)63)50-45(56(64)65)34-31-42(48(40)50)51-47(57)35-46(49(43)52(41)51)54(61)59-37-39(26-22-16-12-8-4)28-24-20-18-14-10-6-2/h29-35,38-39H,5-28,36-37H2,1-4H3,(H,58,60)(H,59,61)(H,62,63)(H,64,65). The smallest absolute Gasteiger partial charge is 0.336 e. The molecule has 0 aliphatic heterocycles. The van der Waals surface area contributed by atoms with Crippen LogP contribution >= 0.6 is 15.9 Å². The van der Waals surface area contributed by atoms with Gasteiger partial charge in [0.15, 0.2) is 0 Å². The number of unbranched alkanes of at least 4 members (excludes halogenated alkanes) is 16. The Morgan fingerprint density at radius 2 is 0.785 bits per heavy atom. The highest BCUT2D eigenvalue weighted by molar-refractivity contribution is 9.10. The Hall–Kier alpha value is -4.24. The number of hydrogen-bond donors (Lipinski definition) is 4. The van der Waals surface area contributed by atoms with E-state index in [0.29, 0.717) is 78.2 Å². The lowest BCUT2D eigenvalue weighted by Crippen LogP contribution is -2.31. The summed E-state index contributed by atoms with van der Waals surface area (Å²) in [5, 5.41) is 31.9. The van der Waals surface area contributed by atoms with E-state index in [-0.39, 0.29) is 28.3 Å². The van der Waals surface area contributed by atoms with Gasteiger partial charge in [-0.3, -0.25) is 9.59 Å². The first-order valence-electron chi connectivity index (χ1n) is 25.5. The number of aromatic carboxylic acids is 2. The fourth-order valence-corrected chi connectivity index (χ4v) is 10.8. The van der Waals surface area contributed by atoms with Crippen molar-refractivity contribution in [2.24, 2.45) is 11.8 Å². The molecule has 0 aliphatic rings. The van der Waals surface area contributed by atoms with Crippen LogP contribution in [-0.2, 0) is 0 Å². The summed E-state index contributed by atoms with van der Waals surface area (Å²) in [6.07, 6.45) is 28.4. The molecule has 2 amide bonds. The van der Waals surface area contributed by atoms with E-state index in [1.54, 1.807) is 24.3 Å². The Kier molecular flexibility index (Phi) is 21.3. The largest absolute Gasteiger partial charge is 0.478 e. The number of halogens is 1. The minimum absolute atomic E-state index is 0.0961. The van der Waals surface area contributed by atoms with Crippen LogP contribution in [0.3, 0.4) is 0 Å². The van der Waals surface area contributed by atoms with Crippen molar-refractivity contribution in [3.05, 3.63) is 69.2 Å². The molecular formula is C56H77BrN2O6. The third-order valence-corrected chi connectivity index (χ3v) is 14.5. The van der Waals surface area contributed by atoms with Crippen LogP contribution < -0.4 is 10.6 Å². The first-order valence-corrected chi connectivity index (χ1v) is 26.3. The van der Waals surface area contributed by atoms with Gasteiger partial charge in [0.05, 0.1) is 11.1 Å². The molecule has 354 valence electrons. The summed E-state index contributed by atoms with van der Waals surface area (Å²) in [7, 11) is 0. The Bertz CT molecular complexity index is 2320. The minimum atomic E-state index is -1.22. The number of hydrogen-bond acceptors (Lipinski definition) is 4. The van der Waals surface area contributed by atoms with Crippen LogP contribution in [-0.4, -0.2) is 47.1 Å². The lowest BCUT2D eigenvalue weighted by molar-refractivity contribution is 0.0695. The van der Waals surface area contributed by atoms with Gasteiger partial charge in [-0.25, -0.2) is 9.59 Å². The predicted octanol–water partition coefficient (Wildman–Crippen LogP) is 16.0. The molecule has 0 radical (unpaired) electrons. The number of carbonyl (C=O) groups is 4. The maximum atomic E-state index is 14.8. The van der Waals surface area contributed by atoms with Gasteiger partial charge >= 0.3 is 11.9 Å². The number of nitrogens with one attached hydrogen (secondary N) is 2. The van der Waals surface area contributed by atoms with Crippen LogP contribution in [0.2, 0.25) is 0 Å². The van der Waals surface area contributed by atoms with Crippen molar-refractivity contribution in [2.45, 2.75) is 182 Å². The highest BCUT2D eigenvalue weighted by atomic mass is 79.9. The molecular weight excluding hydrogens is 877 g/mol. The molecule has 2 atom stereocenters. The second-order valence-electron chi connectivity index (χ2n) is 18.8. The second kappa shape index (κ2) is 26.8. The predicted molar refractivity (Wildman–Crippen MR) is 274 cm³/mol. The van der Waals surface area contributed by atoms with E-state index in [1.165, 1.54) is 115 Å². The molecule has 5 aromatic rings. The summed E-state index contributed by atoms with van der Waals surface area (Å²) < 4.78 is 0.610. The molecule has 8 nitrogen and oxygen atoms in total. The number of carbonyl (C=O) groups excluding carboxylic acids is 2. The zero-order chi connectivity index (χ0) is 46.7. The molecule has 0 spiro atoms. The Balaban J connectivity index is 1.58. The van der Waals surface area contributed by atoms with Crippen molar-refractivity contribution in [3.8, 4) is 0 Å². The summed E-state index contributed by atoms with van der Waals surface area (Å²) in [5.41, 5.74) is 0.626. The van der Waals surface area contributed by atoms with Crippen molar-refractivity contribution < 1.29 is 29.4 Å². The summed E-state index contributed by atoms with van der Waals surface area (Å²) in [5.74, 6) is -2.19. The Morgan fingerprint density at radius 3 is 1.23 bits per heavy atom. The van der Waals surface area contributed by atoms with E-state index in [2.05, 4.69) is 54.3 Å². The van der Waals surface area contributed by atoms with Crippen LogP contribution in [0, 0.1) is 11.8 Å². The average Bonchev–Trinajstić information content (AvgIpc) is 3.30. The van der Waals surface area contributed by atoms with Gasteiger partial charge in [-0.1, -0.05) is 190 Å². The topological polar surface area (TPSA) is 133 Å². The van der Waals surface area contributed by atoms with Gasteiger partial charge in [0.1, 0.15) is 0 Å². The molecule has 0 heterocycles. The summed E-state index contributed by atoms with van der Waals surface area (Å²) >= 11 is 3.84. The molecule has 65 heavy (non-hydrogen) atoms. The fraction of sp³-hybridized carbons (Fsp3) is 0.571. The van der Waals surface area contributed by atoms with Crippen molar-refractivity contribution in [3.63, 3.8) is 0 Å². The average molecular weight is 954 g/mol. The van der Waals surface area contributed by atoms with E-state index < -0.39 is 11.9 Å². The quantitative estimate of drug-likeness (QED) is 0.0193. The maximum Gasteiger partial charge on any atom is 0.336 e. The van der Waals surface area contributed by atoms with Crippen molar-refractivity contribution in [2.75, 3.05) is 13.1 Å². The molecule has 4 N–H and O–H groups in total.